The average Bonchev–Trinajstić information content (AvgIpc) is 3.44. The summed E-state index contributed by atoms with van der Waals surface area (Å²) in [6.45, 7) is 2.78. The van der Waals surface area contributed by atoms with Crippen LogP contribution in [0, 0.1) is 5.92 Å². The van der Waals surface area contributed by atoms with Crippen LogP contribution in [0.3, 0.4) is 0 Å². The third kappa shape index (κ3) is 4.87. The zero-order valence-corrected chi connectivity index (χ0v) is 19.9. The minimum Gasteiger partial charge on any atom is -0.352 e. The lowest BCUT2D eigenvalue weighted by molar-refractivity contribution is -0.127. The molecule has 1 aromatic heterocycles. The largest absolute Gasteiger partial charge is 0.352 e. The summed E-state index contributed by atoms with van der Waals surface area (Å²) in [4.78, 5) is 28.8. The lowest BCUT2D eigenvalue weighted by Crippen LogP contribution is -2.50. The number of para-hydroxylation sites is 1. The fourth-order valence-corrected chi connectivity index (χ4v) is 5.61. The van der Waals surface area contributed by atoms with Gasteiger partial charge in [-0.3, -0.25) is 14.5 Å². The zero-order chi connectivity index (χ0) is 23.5. The first-order valence-electron chi connectivity index (χ1n) is 12.5. The summed E-state index contributed by atoms with van der Waals surface area (Å²) in [6.07, 6.45) is 4.71. The SMILES string of the molecule is Cn1c(C(=O)N[C@H]2CCCC[C@H]2C(=O)NC2CCN(Cc3ccccc3)C2)cc2ccccc21. The molecule has 1 aliphatic heterocycles. The van der Waals surface area contributed by atoms with Crippen molar-refractivity contribution in [1.29, 1.82) is 0 Å². The van der Waals surface area contributed by atoms with Crippen LogP contribution in [-0.4, -0.2) is 46.5 Å². The Balaban J connectivity index is 1.20. The molecule has 178 valence electrons. The van der Waals surface area contributed by atoms with Gasteiger partial charge in [0.15, 0.2) is 0 Å². The van der Waals surface area contributed by atoms with Crippen molar-refractivity contribution >= 4 is 22.7 Å². The van der Waals surface area contributed by atoms with Crippen molar-refractivity contribution in [2.75, 3.05) is 13.1 Å². The maximum Gasteiger partial charge on any atom is 0.268 e. The molecule has 3 aromatic rings. The molecular weight excluding hydrogens is 424 g/mol. The normalized spacial score (nSPS) is 23.1. The number of fused-ring (bicyclic) bond motifs is 1. The Morgan fingerprint density at radius 3 is 2.53 bits per heavy atom. The minimum absolute atomic E-state index is 0.0913. The number of hydrogen-bond donors (Lipinski definition) is 2. The number of benzene rings is 2. The third-order valence-electron chi connectivity index (χ3n) is 7.47. The summed E-state index contributed by atoms with van der Waals surface area (Å²) in [7, 11) is 1.92. The highest BCUT2D eigenvalue weighted by molar-refractivity contribution is 5.99. The Morgan fingerprint density at radius 2 is 1.71 bits per heavy atom. The molecule has 2 fully saturated rings. The maximum atomic E-state index is 13.3. The number of nitrogens with zero attached hydrogens (tertiary/aromatic N) is 2. The molecule has 2 N–H and O–H groups in total. The Morgan fingerprint density at radius 1 is 0.941 bits per heavy atom. The molecule has 0 bridgehead atoms. The van der Waals surface area contributed by atoms with Crippen LogP contribution < -0.4 is 10.6 Å². The summed E-state index contributed by atoms with van der Waals surface area (Å²) in [5, 5.41) is 7.56. The van der Waals surface area contributed by atoms with Crippen molar-refractivity contribution < 1.29 is 9.59 Å². The average molecular weight is 459 g/mol. The summed E-state index contributed by atoms with van der Waals surface area (Å²) >= 11 is 0. The van der Waals surface area contributed by atoms with E-state index >= 15 is 0 Å². The van der Waals surface area contributed by atoms with Gasteiger partial charge >= 0.3 is 0 Å². The first-order chi connectivity index (χ1) is 16.6. The van der Waals surface area contributed by atoms with Crippen molar-refractivity contribution in [1.82, 2.24) is 20.1 Å². The van der Waals surface area contributed by atoms with E-state index in [-0.39, 0.29) is 29.8 Å². The molecular formula is C28H34N4O2. The van der Waals surface area contributed by atoms with E-state index in [1.165, 1.54) is 5.56 Å². The van der Waals surface area contributed by atoms with Crippen LogP contribution in [0.1, 0.15) is 48.2 Å². The van der Waals surface area contributed by atoms with Crippen molar-refractivity contribution in [3.05, 3.63) is 71.9 Å². The summed E-state index contributed by atoms with van der Waals surface area (Å²) in [5.74, 6) is -0.178. The van der Waals surface area contributed by atoms with E-state index in [0.717, 1.165) is 62.6 Å². The molecule has 3 atom stereocenters. The van der Waals surface area contributed by atoms with E-state index in [1.807, 2.05) is 48.0 Å². The van der Waals surface area contributed by atoms with E-state index in [2.05, 4.69) is 39.8 Å². The predicted molar refractivity (Wildman–Crippen MR) is 134 cm³/mol. The lowest BCUT2D eigenvalue weighted by atomic mass is 9.83. The molecule has 2 aromatic carbocycles. The number of hydrogen-bond acceptors (Lipinski definition) is 3. The molecule has 1 saturated heterocycles. The second-order valence-electron chi connectivity index (χ2n) is 9.83. The van der Waals surface area contributed by atoms with Crippen molar-refractivity contribution in [3.63, 3.8) is 0 Å². The zero-order valence-electron chi connectivity index (χ0n) is 19.9. The second-order valence-corrected chi connectivity index (χ2v) is 9.83. The summed E-state index contributed by atoms with van der Waals surface area (Å²) < 4.78 is 1.93. The number of carbonyl (C=O) groups excluding carboxylic acids is 2. The molecule has 6 heteroatoms. The highest BCUT2D eigenvalue weighted by atomic mass is 16.2. The molecule has 2 heterocycles. The van der Waals surface area contributed by atoms with Gasteiger partial charge in [-0.25, -0.2) is 0 Å². The Kier molecular flexibility index (Phi) is 6.68. The molecule has 0 spiro atoms. The third-order valence-corrected chi connectivity index (χ3v) is 7.47. The number of likely N-dealkylation sites (tertiary alicyclic amines) is 1. The molecule has 34 heavy (non-hydrogen) atoms. The van der Waals surface area contributed by atoms with Crippen molar-refractivity contribution in [2.45, 2.75) is 50.7 Å². The van der Waals surface area contributed by atoms with Crippen molar-refractivity contribution in [2.24, 2.45) is 13.0 Å². The van der Waals surface area contributed by atoms with Crippen LogP contribution in [0.2, 0.25) is 0 Å². The van der Waals surface area contributed by atoms with Crippen LogP contribution in [0.4, 0.5) is 0 Å². The highest BCUT2D eigenvalue weighted by Crippen LogP contribution is 2.26. The number of nitrogens with one attached hydrogen (secondary N) is 2. The van der Waals surface area contributed by atoms with Crippen LogP contribution in [-0.2, 0) is 18.4 Å². The van der Waals surface area contributed by atoms with E-state index < -0.39 is 0 Å². The predicted octanol–water partition coefficient (Wildman–Crippen LogP) is 3.86. The molecule has 1 aliphatic carbocycles. The van der Waals surface area contributed by atoms with Gasteiger partial charge < -0.3 is 15.2 Å². The number of amides is 2. The molecule has 6 nitrogen and oxygen atoms in total. The maximum absolute atomic E-state index is 13.3. The monoisotopic (exact) mass is 458 g/mol. The van der Waals surface area contributed by atoms with Gasteiger partial charge in [0.2, 0.25) is 5.91 Å². The van der Waals surface area contributed by atoms with Gasteiger partial charge in [-0.05, 0) is 37.0 Å². The highest BCUT2D eigenvalue weighted by Gasteiger charge is 2.34. The quantitative estimate of drug-likeness (QED) is 0.590. The standard InChI is InChI=1S/C28H34N4O2/c1-31-25-14-8-5-11-21(25)17-26(31)28(34)30-24-13-7-6-12-23(24)27(33)29-22-15-16-32(19-22)18-20-9-3-2-4-10-20/h2-5,8-11,14,17,22-24H,6-7,12-13,15-16,18-19H2,1H3,(H,29,33)(H,30,34)/t22?,23-,24+/m1/s1. The number of rotatable bonds is 6. The fourth-order valence-electron chi connectivity index (χ4n) is 5.61. The smallest absolute Gasteiger partial charge is 0.268 e. The van der Waals surface area contributed by atoms with Gasteiger partial charge in [-0.2, -0.15) is 0 Å². The lowest BCUT2D eigenvalue weighted by Gasteiger charge is -2.32. The Labute approximate surface area is 201 Å². The van der Waals surface area contributed by atoms with E-state index in [4.69, 9.17) is 0 Å². The van der Waals surface area contributed by atoms with E-state index in [0.29, 0.717) is 5.69 Å². The molecule has 2 amide bonds. The second kappa shape index (κ2) is 10.0. The minimum atomic E-state index is -0.171. The van der Waals surface area contributed by atoms with Gasteiger partial charge in [0.1, 0.15) is 5.69 Å². The van der Waals surface area contributed by atoms with Gasteiger partial charge in [-0.15, -0.1) is 0 Å². The van der Waals surface area contributed by atoms with Crippen LogP contribution >= 0.6 is 0 Å². The van der Waals surface area contributed by atoms with E-state index in [9.17, 15) is 9.59 Å². The Hall–Kier alpha value is -3.12. The van der Waals surface area contributed by atoms with E-state index in [1.54, 1.807) is 0 Å². The van der Waals surface area contributed by atoms with Crippen LogP contribution in [0.25, 0.3) is 10.9 Å². The number of aromatic nitrogens is 1. The van der Waals surface area contributed by atoms with Gasteiger partial charge in [-0.1, -0.05) is 61.4 Å². The Bertz CT molecular complexity index is 1160. The van der Waals surface area contributed by atoms with Crippen molar-refractivity contribution in [3.8, 4) is 0 Å². The molecule has 1 saturated carbocycles. The van der Waals surface area contributed by atoms with Gasteiger partial charge in [0, 0.05) is 49.7 Å². The topological polar surface area (TPSA) is 66.4 Å². The molecule has 5 rings (SSSR count). The molecule has 0 radical (unpaired) electrons. The van der Waals surface area contributed by atoms with Gasteiger partial charge in [0.25, 0.3) is 5.91 Å². The first kappa shape index (κ1) is 22.7. The van der Waals surface area contributed by atoms with Crippen LogP contribution in [0.15, 0.2) is 60.7 Å². The summed E-state index contributed by atoms with van der Waals surface area (Å²) in [6, 6.07) is 20.5. The molecule has 1 unspecified atom stereocenters. The fraction of sp³-hybridized carbons (Fsp3) is 0.429. The van der Waals surface area contributed by atoms with Gasteiger partial charge in [0.05, 0.1) is 5.92 Å². The molecule has 2 aliphatic rings. The summed E-state index contributed by atoms with van der Waals surface area (Å²) in [5.41, 5.74) is 2.98. The number of aryl methyl sites for hydroxylation is 1. The number of carbonyl (C=O) groups is 2. The first-order valence-corrected chi connectivity index (χ1v) is 12.5. The van der Waals surface area contributed by atoms with Crippen LogP contribution in [0.5, 0.6) is 0 Å².